The Hall–Kier alpha value is -2.80. The maximum atomic E-state index is 13.1. The minimum atomic E-state index is -0.0475. The summed E-state index contributed by atoms with van der Waals surface area (Å²) >= 11 is 6.54. The maximum absolute atomic E-state index is 13.1. The van der Waals surface area contributed by atoms with Crippen LogP contribution < -0.4 is 10.1 Å². The lowest BCUT2D eigenvalue weighted by atomic mass is 10.0. The fourth-order valence-electron chi connectivity index (χ4n) is 4.95. The first-order chi connectivity index (χ1) is 17.5. The molecule has 0 bridgehead atoms. The molecule has 190 valence electrons. The Morgan fingerprint density at radius 3 is 2.56 bits per heavy atom. The summed E-state index contributed by atoms with van der Waals surface area (Å²) in [7, 11) is 0. The second-order valence-electron chi connectivity index (χ2n) is 9.88. The molecule has 2 fully saturated rings. The lowest BCUT2D eigenvalue weighted by Crippen LogP contribution is -2.48. The van der Waals surface area contributed by atoms with Crippen molar-refractivity contribution in [3.05, 3.63) is 76.0 Å². The van der Waals surface area contributed by atoms with Gasteiger partial charge in [-0.1, -0.05) is 35.4 Å². The number of aryl methyl sites for hydroxylation is 2. The Morgan fingerprint density at radius 1 is 1.03 bits per heavy atom. The number of hydrogen-bond acceptors (Lipinski definition) is 5. The van der Waals surface area contributed by atoms with E-state index in [1.54, 1.807) is 6.07 Å². The number of furan rings is 1. The van der Waals surface area contributed by atoms with Crippen LogP contribution in [0.15, 0.2) is 52.9 Å². The first kappa shape index (κ1) is 24.9. The summed E-state index contributed by atoms with van der Waals surface area (Å²) in [6.45, 7) is 9.84. The van der Waals surface area contributed by atoms with Crippen molar-refractivity contribution >= 4 is 17.5 Å². The first-order valence-electron chi connectivity index (χ1n) is 12.8. The van der Waals surface area contributed by atoms with Crippen molar-refractivity contribution in [3.63, 3.8) is 0 Å². The largest absolute Gasteiger partial charge is 0.489 e. The molecular formula is C29H34ClN3O3. The molecule has 2 aliphatic rings. The number of halogens is 1. The first-order valence-corrected chi connectivity index (χ1v) is 13.2. The molecule has 2 saturated heterocycles. The van der Waals surface area contributed by atoms with Crippen LogP contribution in [0.3, 0.4) is 0 Å². The van der Waals surface area contributed by atoms with Gasteiger partial charge in [-0.15, -0.1) is 0 Å². The highest BCUT2D eigenvalue weighted by molar-refractivity contribution is 6.32. The molecule has 0 atom stereocenters. The van der Waals surface area contributed by atoms with E-state index in [1.165, 1.54) is 5.56 Å². The smallest absolute Gasteiger partial charge is 0.289 e. The van der Waals surface area contributed by atoms with Crippen LogP contribution in [0.1, 0.15) is 40.1 Å². The molecule has 2 aromatic carbocycles. The normalized spacial score (nSPS) is 17.4. The number of carbonyl (C=O) groups excluding carboxylic acids is 1. The molecule has 1 N–H and O–H groups in total. The second kappa shape index (κ2) is 11.1. The van der Waals surface area contributed by atoms with E-state index >= 15 is 0 Å². The Labute approximate surface area is 218 Å². The molecule has 0 saturated carbocycles. The molecule has 36 heavy (non-hydrogen) atoms. The maximum Gasteiger partial charge on any atom is 0.289 e. The number of rotatable bonds is 6. The van der Waals surface area contributed by atoms with Gasteiger partial charge in [0.15, 0.2) is 5.76 Å². The quantitative estimate of drug-likeness (QED) is 0.490. The van der Waals surface area contributed by atoms with Crippen LogP contribution in [0.5, 0.6) is 5.75 Å². The lowest BCUT2D eigenvalue weighted by Gasteiger charge is -2.34. The van der Waals surface area contributed by atoms with E-state index in [1.807, 2.05) is 23.1 Å². The van der Waals surface area contributed by atoms with Gasteiger partial charge in [-0.3, -0.25) is 9.69 Å². The fraction of sp³-hybridized carbons (Fsp3) is 0.414. The van der Waals surface area contributed by atoms with Gasteiger partial charge < -0.3 is 19.4 Å². The van der Waals surface area contributed by atoms with Crippen LogP contribution >= 0.6 is 11.6 Å². The van der Waals surface area contributed by atoms with Gasteiger partial charge in [0.2, 0.25) is 0 Å². The molecular weight excluding hydrogens is 474 g/mol. The highest BCUT2D eigenvalue weighted by atomic mass is 35.5. The summed E-state index contributed by atoms with van der Waals surface area (Å²) in [5.41, 5.74) is 4.49. The molecule has 0 aliphatic carbocycles. The molecule has 3 aromatic rings. The molecule has 7 heteroatoms. The number of carbonyl (C=O) groups is 1. The minimum Gasteiger partial charge on any atom is -0.489 e. The van der Waals surface area contributed by atoms with Crippen LogP contribution in [0.4, 0.5) is 0 Å². The van der Waals surface area contributed by atoms with Gasteiger partial charge in [-0.25, -0.2) is 0 Å². The summed E-state index contributed by atoms with van der Waals surface area (Å²) in [6.07, 6.45) is 2.24. The SMILES string of the molecule is Cc1ccc(C)c(-c2ccc(C(=O)N3CCN(Cc4ccc(OC5CCNCC5)c(Cl)c4)CC3)o2)c1. The van der Waals surface area contributed by atoms with Gasteiger partial charge in [-0.05, 0) is 81.2 Å². The molecule has 0 radical (unpaired) electrons. The Kier molecular flexibility index (Phi) is 7.65. The van der Waals surface area contributed by atoms with Gasteiger partial charge in [0.05, 0.1) is 5.02 Å². The Balaban J connectivity index is 1.15. The van der Waals surface area contributed by atoms with Crippen molar-refractivity contribution < 1.29 is 13.9 Å². The number of hydrogen-bond donors (Lipinski definition) is 1. The van der Waals surface area contributed by atoms with Crippen molar-refractivity contribution in [2.45, 2.75) is 39.3 Å². The third kappa shape index (κ3) is 5.77. The van der Waals surface area contributed by atoms with Gasteiger partial charge >= 0.3 is 0 Å². The summed E-state index contributed by atoms with van der Waals surface area (Å²) in [5.74, 6) is 1.85. The van der Waals surface area contributed by atoms with Crippen molar-refractivity contribution in [1.82, 2.24) is 15.1 Å². The number of benzene rings is 2. The van der Waals surface area contributed by atoms with E-state index in [9.17, 15) is 4.79 Å². The molecule has 2 aliphatic heterocycles. The van der Waals surface area contributed by atoms with Crippen molar-refractivity contribution in [1.29, 1.82) is 0 Å². The van der Waals surface area contributed by atoms with E-state index in [0.717, 1.165) is 73.8 Å². The number of nitrogens with zero attached hydrogens (tertiary/aromatic N) is 2. The molecule has 6 nitrogen and oxygen atoms in total. The molecule has 1 amide bonds. The number of ether oxygens (including phenoxy) is 1. The highest BCUT2D eigenvalue weighted by Crippen LogP contribution is 2.29. The predicted molar refractivity (Wildman–Crippen MR) is 143 cm³/mol. The van der Waals surface area contributed by atoms with Crippen LogP contribution in [-0.2, 0) is 6.54 Å². The average Bonchev–Trinajstić information content (AvgIpc) is 3.38. The van der Waals surface area contributed by atoms with Crippen LogP contribution in [0.2, 0.25) is 5.02 Å². The van der Waals surface area contributed by atoms with Gasteiger partial charge in [0, 0.05) is 38.3 Å². The number of piperazine rings is 1. The van der Waals surface area contributed by atoms with Crippen molar-refractivity contribution in [2.75, 3.05) is 39.3 Å². The van der Waals surface area contributed by atoms with E-state index < -0.39 is 0 Å². The minimum absolute atomic E-state index is 0.0475. The molecule has 0 spiro atoms. The fourth-order valence-corrected chi connectivity index (χ4v) is 5.20. The summed E-state index contributed by atoms with van der Waals surface area (Å²) in [6, 6.07) is 16.0. The number of amides is 1. The molecule has 1 aromatic heterocycles. The zero-order chi connectivity index (χ0) is 25.1. The topological polar surface area (TPSA) is 58.0 Å². The van der Waals surface area contributed by atoms with Crippen LogP contribution in [-0.4, -0.2) is 61.1 Å². The standard InChI is InChI=1S/C29H34ClN3O3/c1-20-3-4-21(2)24(17-20)26-7-8-28(36-26)29(34)33-15-13-32(14-16-33)19-22-5-6-27(25(30)18-22)35-23-9-11-31-12-10-23/h3-8,17-18,23,31H,9-16,19H2,1-2H3. The van der Waals surface area contributed by atoms with E-state index in [4.69, 9.17) is 20.8 Å². The molecule has 0 unspecified atom stereocenters. The third-order valence-corrected chi connectivity index (χ3v) is 7.41. The second-order valence-corrected chi connectivity index (χ2v) is 10.3. The lowest BCUT2D eigenvalue weighted by molar-refractivity contribution is 0.0598. The highest BCUT2D eigenvalue weighted by Gasteiger charge is 2.25. The van der Waals surface area contributed by atoms with Gasteiger partial charge in [0.25, 0.3) is 5.91 Å². The molecule has 3 heterocycles. The van der Waals surface area contributed by atoms with E-state index in [0.29, 0.717) is 23.9 Å². The van der Waals surface area contributed by atoms with E-state index in [-0.39, 0.29) is 12.0 Å². The van der Waals surface area contributed by atoms with Gasteiger partial charge in [0.1, 0.15) is 17.6 Å². The van der Waals surface area contributed by atoms with Crippen molar-refractivity contribution in [3.8, 4) is 17.1 Å². The number of piperidine rings is 1. The summed E-state index contributed by atoms with van der Waals surface area (Å²) in [5, 5.41) is 4.02. The number of nitrogens with one attached hydrogen (secondary N) is 1. The zero-order valence-corrected chi connectivity index (χ0v) is 21.8. The van der Waals surface area contributed by atoms with Gasteiger partial charge in [-0.2, -0.15) is 0 Å². The monoisotopic (exact) mass is 507 g/mol. The molecule has 5 rings (SSSR count). The average molecular weight is 508 g/mol. The van der Waals surface area contributed by atoms with Crippen LogP contribution in [0.25, 0.3) is 11.3 Å². The third-order valence-electron chi connectivity index (χ3n) is 7.12. The summed E-state index contributed by atoms with van der Waals surface area (Å²) < 4.78 is 12.1. The zero-order valence-electron chi connectivity index (χ0n) is 21.1. The summed E-state index contributed by atoms with van der Waals surface area (Å²) in [4.78, 5) is 17.3. The predicted octanol–water partition coefficient (Wildman–Crippen LogP) is 5.31. The van der Waals surface area contributed by atoms with Crippen molar-refractivity contribution in [2.24, 2.45) is 0 Å². The van der Waals surface area contributed by atoms with Crippen LogP contribution in [0, 0.1) is 13.8 Å². The Morgan fingerprint density at radius 2 is 1.81 bits per heavy atom. The Bertz CT molecular complexity index is 1210. The van der Waals surface area contributed by atoms with E-state index in [2.05, 4.69) is 48.3 Å².